The van der Waals surface area contributed by atoms with Gasteiger partial charge in [-0.15, -0.1) is 11.3 Å². The van der Waals surface area contributed by atoms with Crippen LogP contribution in [-0.4, -0.2) is 42.4 Å². The molecule has 2 amide bonds. The van der Waals surface area contributed by atoms with E-state index in [4.69, 9.17) is 10.00 Å². The second-order valence-corrected chi connectivity index (χ2v) is 7.22. The molecule has 2 heterocycles. The number of hydrogen-bond donors (Lipinski definition) is 1. The maximum absolute atomic E-state index is 12.1. The summed E-state index contributed by atoms with van der Waals surface area (Å²) in [5.74, 6) is -0.736. The number of nitrogens with zero attached hydrogens (tertiary/aromatic N) is 2. The van der Waals surface area contributed by atoms with Crippen LogP contribution in [0.2, 0.25) is 0 Å². The minimum Gasteiger partial charge on any atom is -0.455 e. The van der Waals surface area contributed by atoms with E-state index in [0.717, 1.165) is 12.8 Å². The molecule has 1 aliphatic carbocycles. The Balaban J connectivity index is 1.40. The van der Waals surface area contributed by atoms with E-state index >= 15 is 0 Å². The molecule has 3 rings (SSSR count). The number of carbonyl (C=O) groups excluding carboxylic acids is 3. The summed E-state index contributed by atoms with van der Waals surface area (Å²) in [5.41, 5.74) is 0.386. The van der Waals surface area contributed by atoms with Crippen LogP contribution in [0, 0.1) is 23.2 Å². The molecule has 1 aromatic heterocycles. The van der Waals surface area contributed by atoms with Crippen molar-refractivity contribution in [1.82, 2.24) is 4.90 Å². The van der Waals surface area contributed by atoms with Gasteiger partial charge in [-0.05, 0) is 37.1 Å². The number of likely N-dealkylation sites (tertiary alicyclic amines) is 1. The third-order valence-electron chi connectivity index (χ3n) is 4.45. The molecule has 1 saturated carbocycles. The second kappa shape index (κ2) is 7.66. The molecule has 0 aromatic carbocycles. The number of piperidine rings is 1. The monoisotopic (exact) mass is 361 g/mol. The molecule has 8 heteroatoms. The summed E-state index contributed by atoms with van der Waals surface area (Å²) in [6.07, 6.45) is 3.10. The molecular formula is C17H19N3O4S. The van der Waals surface area contributed by atoms with Crippen molar-refractivity contribution in [3.05, 3.63) is 17.0 Å². The normalized spacial score (nSPS) is 17.6. The Bertz CT molecular complexity index is 712. The third kappa shape index (κ3) is 4.37. The Morgan fingerprint density at radius 1 is 1.24 bits per heavy atom. The molecule has 1 aliphatic heterocycles. The molecule has 7 nitrogen and oxygen atoms in total. The molecule has 2 aliphatic rings. The second-order valence-electron chi connectivity index (χ2n) is 6.30. The molecule has 1 saturated heterocycles. The summed E-state index contributed by atoms with van der Waals surface area (Å²) in [5, 5.41) is 13.6. The maximum Gasteiger partial charge on any atom is 0.309 e. The van der Waals surface area contributed by atoms with Crippen LogP contribution in [0.5, 0.6) is 0 Å². The van der Waals surface area contributed by atoms with Gasteiger partial charge in [0.25, 0.3) is 5.91 Å². The van der Waals surface area contributed by atoms with Crippen molar-refractivity contribution >= 4 is 34.1 Å². The summed E-state index contributed by atoms with van der Waals surface area (Å²) in [4.78, 5) is 37.8. The molecule has 132 valence electrons. The summed E-state index contributed by atoms with van der Waals surface area (Å²) in [7, 11) is 0. The Labute approximate surface area is 149 Å². The van der Waals surface area contributed by atoms with E-state index in [1.807, 2.05) is 11.0 Å². The lowest BCUT2D eigenvalue weighted by molar-refractivity contribution is -0.154. The van der Waals surface area contributed by atoms with Gasteiger partial charge in [0.05, 0.1) is 11.5 Å². The van der Waals surface area contributed by atoms with Gasteiger partial charge in [0.1, 0.15) is 11.1 Å². The van der Waals surface area contributed by atoms with E-state index < -0.39 is 11.9 Å². The average molecular weight is 361 g/mol. The van der Waals surface area contributed by atoms with Gasteiger partial charge in [0.15, 0.2) is 6.61 Å². The van der Waals surface area contributed by atoms with Gasteiger partial charge < -0.3 is 15.0 Å². The highest BCUT2D eigenvalue weighted by atomic mass is 32.1. The van der Waals surface area contributed by atoms with E-state index in [1.54, 1.807) is 11.4 Å². The smallest absolute Gasteiger partial charge is 0.309 e. The maximum atomic E-state index is 12.1. The van der Waals surface area contributed by atoms with E-state index in [0.29, 0.717) is 36.5 Å². The summed E-state index contributed by atoms with van der Waals surface area (Å²) in [6, 6.07) is 3.59. The SMILES string of the molecule is N#Cc1ccsc1NC(=O)COC(=O)C1CCN(C(=O)C2CC2)CC1. The number of nitrogens with one attached hydrogen (secondary N) is 1. The van der Waals surface area contributed by atoms with Crippen molar-refractivity contribution in [1.29, 1.82) is 5.26 Å². The van der Waals surface area contributed by atoms with Crippen LogP contribution in [0.4, 0.5) is 5.00 Å². The minimum absolute atomic E-state index is 0.197. The van der Waals surface area contributed by atoms with Gasteiger partial charge in [-0.3, -0.25) is 14.4 Å². The summed E-state index contributed by atoms with van der Waals surface area (Å²) >= 11 is 1.24. The number of amides is 2. The molecular weight excluding hydrogens is 342 g/mol. The lowest BCUT2D eigenvalue weighted by Gasteiger charge is -2.31. The fraction of sp³-hybridized carbons (Fsp3) is 0.529. The number of ether oxygens (including phenoxy) is 1. The van der Waals surface area contributed by atoms with Crippen LogP contribution in [0.3, 0.4) is 0 Å². The number of nitriles is 1. The Morgan fingerprint density at radius 2 is 1.96 bits per heavy atom. The first-order chi connectivity index (χ1) is 12.1. The molecule has 25 heavy (non-hydrogen) atoms. The standard InChI is InChI=1S/C17H19N3O4S/c18-9-13-5-8-25-15(13)19-14(21)10-24-17(23)12-3-6-20(7-4-12)16(22)11-1-2-11/h5,8,11-12H,1-4,6-7,10H2,(H,19,21). The molecule has 0 radical (unpaired) electrons. The zero-order valence-corrected chi connectivity index (χ0v) is 14.5. The number of hydrogen-bond acceptors (Lipinski definition) is 6. The van der Waals surface area contributed by atoms with Crippen LogP contribution in [0.15, 0.2) is 11.4 Å². The molecule has 0 spiro atoms. The highest BCUT2D eigenvalue weighted by Crippen LogP contribution is 2.32. The van der Waals surface area contributed by atoms with Gasteiger partial charge in [0, 0.05) is 19.0 Å². The molecule has 0 bridgehead atoms. The lowest BCUT2D eigenvalue weighted by atomic mass is 9.97. The fourth-order valence-electron chi connectivity index (χ4n) is 2.84. The number of rotatable bonds is 5. The van der Waals surface area contributed by atoms with E-state index in [9.17, 15) is 14.4 Å². The van der Waals surface area contributed by atoms with Crippen molar-refractivity contribution < 1.29 is 19.1 Å². The predicted octanol–water partition coefficient (Wildman–Crippen LogP) is 1.75. The zero-order valence-electron chi connectivity index (χ0n) is 13.7. The van der Waals surface area contributed by atoms with Crippen LogP contribution in [0.25, 0.3) is 0 Å². The number of anilines is 1. The van der Waals surface area contributed by atoms with Gasteiger partial charge in [-0.1, -0.05) is 0 Å². The van der Waals surface area contributed by atoms with Crippen LogP contribution < -0.4 is 5.32 Å². The molecule has 1 N–H and O–H groups in total. The first-order valence-electron chi connectivity index (χ1n) is 8.31. The van der Waals surface area contributed by atoms with Gasteiger partial charge >= 0.3 is 5.97 Å². The van der Waals surface area contributed by atoms with E-state index in [2.05, 4.69) is 5.32 Å². The van der Waals surface area contributed by atoms with Gasteiger partial charge in [0.2, 0.25) is 5.91 Å². The van der Waals surface area contributed by atoms with Crippen molar-refractivity contribution in [3.63, 3.8) is 0 Å². The van der Waals surface area contributed by atoms with Crippen molar-refractivity contribution in [3.8, 4) is 6.07 Å². The molecule has 0 atom stereocenters. The molecule has 1 aromatic rings. The Morgan fingerprint density at radius 3 is 2.60 bits per heavy atom. The number of thiophene rings is 1. The average Bonchev–Trinajstić information content (AvgIpc) is 3.39. The Hall–Kier alpha value is -2.40. The lowest BCUT2D eigenvalue weighted by Crippen LogP contribution is -2.41. The van der Waals surface area contributed by atoms with Crippen LogP contribution >= 0.6 is 11.3 Å². The predicted molar refractivity (Wildman–Crippen MR) is 90.7 cm³/mol. The zero-order chi connectivity index (χ0) is 17.8. The van der Waals surface area contributed by atoms with Crippen molar-refractivity contribution in [2.24, 2.45) is 11.8 Å². The highest BCUT2D eigenvalue weighted by Gasteiger charge is 2.36. The van der Waals surface area contributed by atoms with E-state index in [-0.39, 0.29) is 24.3 Å². The number of carbonyl (C=O) groups is 3. The quantitative estimate of drug-likeness (QED) is 0.806. The van der Waals surface area contributed by atoms with Crippen LogP contribution in [0.1, 0.15) is 31.2 Å². The Kier molecular flexibility index (Phi) is 5.34. The molecule has 0 unspecified atom stereocenters. The van der Waals surface area contributed by atoms with Crippen LogP contribution in [-0.2, 0) is 19.1 Å². The third-order valence-corrected chi connectivity index (χ3v) is 5.28. The minimum atomic E-state index is -0.464. The first kappa shape index (κ1) is 17.4. The fourth-order valence-corrected chi connectivity index (χ4v) is 3.59. The van der Waals surface area contributed by atoms with Gasteiger partial charge in [-0.2, -0.15) is 5.26 Å². The number of esters is 1. The molecule has 2 fully saturated rings. The van der Waals surface area contributed by atoms with Crippen molar-refractivity contribution in [2.45, 2.75) is 25.7 Å². The first-order valence-corrected chi connectivity index (χ1v) is 9.19. The largest absolute Gasteiger partial charge is 0.455 e. The summed E-state index contributed by atoms with van der Waals surface area (Å²) < 4.78 is 5.09. The van der Waals surface area contributed by atoms with E-state index in [1.165, 1.54) is 11.3 Å². The van der Waals surface area contributed by atoms with Gasteiger partial charge in [-0.25, -0.2) is 0 Å². The highest BCUT2D eigenvalue weighted by molar-refractivity contribution is 7.14. The summed E-state index contributed by atoms with van der Waals surface area (Å²) in [6.45, 7) is 0.771. The van der Waals surface area contributed by atoms with Crippen molar-refractivity contribution in [2.75, 3.05) is 25.0 Å². The topological polar surface area (TPSA) is 99.5 Å².